The standard InChI is InChI=1S/C57H38N4/c1-2-15-36(16-3-1)55-41-20-8-10-22-46(41)58-57(59-55)37-25-28-38(29-26-37)60-48-23-11-9-21-42(48)52-49(60)31-32-50-54(52)53-43-30-27-35-14-5-7-19-40(35)51(43)44-33-45(44)56(53)61(50)47-24-12-17-34-13-4-6-18-39(34)47/h1-26,28-29,31-32,44-45H,27,30,33H2. The lowest BCUT2D eigenvalue weighted by atomic mass is 9.76. The Hall–Kier alpha value is -7.56. The number of hydrogen-bond acceptors (Lipinski definition) is 2. The highest BCUT2D eigenvalue weighted by atomic mass is 15.0. The van der Waals surface area contributed by atoms with Gasteiger partial charge in [0.2, 0.25) is 0 Å². The summed E-state index contributed by atoms with van der Waals surface area (Å²) in [6, 6.07) is 66.4. The zero-order valence-electron chi connectivity index (χ0n) is 33.4. The molecule has 1 fully saturated rings. The van der Waals surface area contributed by atoms with Crippen LogP contribution in [0, 0.1) is 5.92 Å². The van der Waals surface area contributed by atoms with Gasteiger partial charge in [0.25, 0.3) is 0 Å². The lowest BCUT2D eigenvalue weighted by molar-refractivity contribution is 0.875. The fourth-order valence-electron chi connectivity index (χ4n) is 11.3. The van der Waals surface area contributed by atoms with Gasteiger partial charge in [-0.25, -0.2) is 9.97 Å². The molecule has 2 unspecified atom stereocenters. The highest BCUT2D eigenvalue weighted by Crippen LogP contribution is 2.66. The van der Waals surface area contributed by atoms with E-state index in [1.807, 2.05) is 6.07 Å². The van der Waals surface area contributed by atoms with E-state index < -0.39 is 0 Å². The van der Waals surface area contributed by atoms with Gasteiger partial charge in [-0.05, 0) is 107 Å². The van der Waals surface area contributed by atoms with Gasteiger partial charge in [0.05, 0.1) is 33.4 Å². The first-order valence-corrected chi connectivity index (χ1v) is 21.6. The summed E-state index contributed by atoms with van der Waals surface area (Å²) >= 11 is 0. The second kappa shape index (κ2) is 12.5. The van der Waals surface area contributed by atoms with E-state index in [-0.39, 0.29) is 0 Å². The molecule has 4 nitrogen and oxygen atoms in total. The van der Waals surface area contributed by atoms with Crippen molar-refractivity contribution in [2.45, 2.75) is 25.2 Å². The smallest absolute Gasteiger partial charge is 0.160 e. The van der Waals surface area contributed by atoms with Crippen molar-refractivity contribution in [3.8, 4) is 34.0 Å². The van der Waals surface area contributed by atoms with Crippen molar-refractivity contribution in [2.75, 3.05) is 0 Å². The summed E-state index contributed by atoms with van der Waals surface area (Å²) in [5, 5.41) is 7.64. The van der Waals surface area contributed by atoms with Gasteiger partial charge in [-0.1, -0.05) is 127 Å². The fourth-order valence-corrected chi connectivity index (χ4v) is 11.3. The summed E-state index contributed by atoms with van der Waals surface area (Å²) < 4.78 is 5.15. The molecule has 0 bridgehead atoms. The van der Waals surface area contributed by atoms with E-state index >= 15 is 0 Å². The third-order valence-electron chi connectivity index (χ3n) is 13.9. The van der Waals surface area contributed by atoms with E-state index in [1.165, 1.54) is 78.0 Å². The summed E-state index contributed by atoms with van der Waals surface area (Å²) in [5.74, 6) is 1.78. The van der Waals surface area contributed by atoms with E-state index in [0.29, 0.717) is 11.8 Å². The fraction of sp³-hybridized carbons (Fsp3) is 0.0877. The Balaban J connectivity index is 1.02. The molecule has 0 radical (unpaired) electrons. The molecule has 3 aromatic heterocycles. The maximum absolute atomic E-state index is 5.19. The number of rotatable bonds is 4. The minimum atomic E-state index is 0.488. The first-order chi connectivity index (χ1) is 30.3. The molecular weight excluding hydrogens is 741 g/mol. The van der Waals surface area contributed by atoms with Crippen LogP contribution in [0.5, 0.6) is 0 Å². The second-order valence-corrected chi connectivity index (χ2v) is 17.1. The summed E-state index contributed by atoms with van der Waals surface area (Å²) in [6.07, 6.45) is 3.34. The minimum absolute atomic E-state index is 0.488. The lowest BCUT2D eigenvalue weighted by Gasteiger charge is -2.28. The van der Waals surface area contributed by atoms with Crippen molar-refractivity contribution in [3.63, 3.8) is 0 Å². The molecule has 0 N–H and O–H groups in total. The van der Waals surface area contributed by atoms with Crippen LogP contribution < -0.4 is 0 Å². The minimum Gasteiger partial charge on any atom is -0.312 e. The van der Waals surface area contributed by atoms with Gasteiger partial charge in [-0.2, -0.15) is 0 Å². The van der Waals surface area contributed by atoms with Crippen molar-refractivity contribution < 1.29 is 0 Å². The predicted molar refractivity (Wildman–Crippen MR) is 252 cm³/mol. The molecule has 3 heterocycles. The predicted octanol–water partition coefficient (Wildman–Crippen LogP) is 14.1. The Morgan fingerprint density at radius 2 is 1.20 bits per heavy atom. The number of nitrogens with zero attached hydrogens (tertiary/aromatic N) is 4. The number of fused-ring (bicyclic) bond motifs is 15. The number of aromatic nitrogens is 4. The average Bonchev–Trinajstić information content (AvgIpc) is 3.95. The Bertz CT molecular complexity index is 3670. The molecule has 8 aromatic carbocycles. The van der Waals surface area contributed by atoms with Crippen molar-refractivity contribution in [2.24, 2.45) is 5.92 Å². The van der Waals surface area contributed by atoms with Crippen LogP contribution in [0.15, 0.2) is 182 Å². The van der Waals surface area contributed by atoms with Crippen LogP contribution in [0.2, 0.25) is 0 Å². The summed E-state index contributed by atoms with van der Waals surface area (Å²) in [7, 11) is 0. The van der Waals surface area contributed by atoms with Crippen LogP contribution in [0.25, 0.3) is 99.6 Å². The lowest BCUT2D eigenvalue weighted by Crippen LogP contribution is -2.12. The largest absolute Gasteiger partial charge is 0.312 e. The molecule has 61 heavy (non-hydrogen) atoms. The second-order valence-electron chi connectivity index (χ2n) is 17.1. The molecule has 0 saturated heterocycles. The summed E-state index contributed by atoms with van der Waals surface area (Å²) in [4.78, 5) is 10.3. The molecule has 4 heteroatoms. The molecule has 0 aliphatic heterocycles. The molecule has 11 aromatic rings. The molecule has 0 amide bonds. The zero-order valence-corrected chi connectivity index (χ0v) is 33.4. The SMILES string of the molecule is c1ccc(-c2nc(-c3ccc(-n4c5ccccc5c5c6c7c(n(-c8cccc9ccccc89)c6ccc54)C4CC4C4=C7CCc5ccccc54)cc3)nc3ccccc23)cc1. The normalized spacial score (nSPS) is 16.6. The highest BCUT2D eigenvalue weighted by Gasteiger charge is 2.51. The van der Waals surface area contributed by atoms with Gasteiger partial charge in [0.15, 0.2) is 5.82 Å². The number of benzene rings is 8. The first kappa shape index (κ1) is 33.3. The van der Waals surface area contributed by atoms with E-state index in [2.05, 4.69) is 185 Å². The summed E-state index contributed by atoms with van der Waals surface area (Å²) in [5.41, 5.74) is 19.3. The van der Waals surface area contributed by atoms with Crippen LogP contribution in [0.4, 0.5) is 0 Å². The molecule has 0 spiro atoms. The maximum atomic E-state index is 5.19. The van der Waals surface area contributed by atoms with Crippen LogP contribution >= 0.6 is 0 Å². The highest BCUT2D eigenvalue weighted by molar-refractivity contribution is 6.25. The van der Waals surface area contributed by atoms with E-state index in [9.17, 15) is 0 Å². The van der Waals surface area contributed by atoms with Gasteiger partial charge in [-0.3, -0.25) is 0 Å². The summed E-state index contributed by atoms with van der Waals surface area (Å²) in [6.45, 7) is 0. The van der Waals surface area contributed by atoms with E-state index in [4.69, 9.17) is 9.97 Å². The number of para-hydroxylation sites is 2. The van der Waals surface area contributed by atoms with Crippen LogP contribution in [-0.2, 0) is 6.42 Å². The van der Waals surface area contributed by atoms with Crippen LogP contribution in [0.3, 0.4) is 0 Å². The number of aryl methyl sites for hydroxylation is 1. The van der Waals surface area contributed by atoms with Crippen molar-refractivity contribution >= 4 is 65.5 Å². The van der Waals surface area contributed by atoms with Crippen LogP contribution in [0.1, 0.15) is 41.1 Å². The van der Waals surface area contributed by atoms with Gasteiger partial charge in [-0.15, -0.1) is 0 Å². The van der Waals surface area contributed by atoms with E-state index in [1.54, 1.807) is 11.1 Å². The van der Waals surface area contributed by atoms with E-state index in [0.717, 1.165) is 52.1 Å². The maximum Gasteiger partial charge on any atom is 0.160 e. The molecule has 3 aliphatic carbocycles. The first-order valence-electron chi connectivity index (χ1n) is 21.6. The van der Waals surface area contributed by atoms with Gasteiger partial charge < -0.3 is 9.13 Å². The third kappa shape index (κ3) is 4.70. The number of hydrogen-bond donors (Lipinski definition) is 0. The van der Waals surface area contributed by atoms with Crippen LogP contribution in [-0.4, -0.2) is 19.1 Å². The third-order valence-corrected chi connectivity index (χ3v) is 13.9. The molecule has 286 valence electrons. The van der Waals surface area contributed by atoms with Crippen molar-refractivity contribution in [1.82, 2.24) is 19.1 Å². The average molecular weight is 779 g/mol. The number of allylic oxidation sites excluding steroid dienone is 2. The Labute approximate surface area is 352 Å². The Morgan fingerprint density at radius 3 is 2.08 bits per heavy atom. The Kier molecular flexibility index (Phi) is 6.81. The quantitative estimate of drug-likeness (QED) is 0.178. The van der Waals surface area contributed by atoms with Gasteiger partial charge in [0, 0.05) is 60.9 Å². The monoisotopic (exact) mass is 778 g/mol. The molecular formula is C57H38N4. The van der Waals surface area contributed by atoms with Crippen molar-refractivity contribution in [1.29, 1.82) is 0 Å². The molecule has 2 atom stereocenters. The van der Waals surface area contributed by atoms with Gasteiger partial charge >= 0.3 is 0 Å². The Morgan fingerprint density at radius 1 is 0.475 bits per heavy atom. The zero-order chi connectivity index (χ0) is 39.8. The molecule has 1 saturated carbocycles. The molecule has 3 aliphatic rings. The van der Waals surface area contributed by atoms with Gasteiger partial charge in [0.1, 0.15) is 0 Å². The molecule has 14 rings (SSSR count). The van der Waals surface area contributed by atoms with Crippen molar-refractivity contribution in [3.05, 3.63) is 204 Å². The topological polar surface area (TPSA) is 35.6 Å².